The molecular formula is C20H35N7O. The van der Waals surface area contributed by atoms with Crippen molar-refractivity contribution in [2.45, 2.75) is 38.3 Å². The molecule has 1 amide bonds. The Morgan fingerprint density at radius 1 is 1.00 bits per heavy atom. The van der Waals surface area contributed by atoms with E-state index in [1.807, 2.05) is 4.68 Å². The van der Waals surface area contributed by atoms with Crippen LogP contribution in [0.1, 0.15) is 25.7 Å². The third-order valence-corrected chi connectivity index (χ3v) is 6.80. The van der Waals surface area contributed by atoms with E-state index in [1.54, 1.807) is 12.7 Å². The summed E-state index contributed by atoms with van der Waals surface area (Å²) in [6.07, 6.45) is 8.05. The lowest BCUT2D eigenvalue weighted by Crippen LogP contribution is -2.54. The maximum absolute atomic E-state index is 13.0. The highest BCUT2D eigenvalue weighted by Gasteiger charge is 2.34. The van der Waals surface area contributed by atoms with Crippen molar-refractivity contribution >= 4 is 5.91 Å². The second-order valence-electron chi connectivity index (χ2n) is 8.69. The molecule has 0 aromatic carbocycles. The van der Waals surface area contributed by atoms with Crippen LogP contribution in [-0.4, -0.2) is 112 Å². The standard InChI is InChI=1S/C20H35N7O/c1-23-9-12-25(13-10-23)20(28)18-3-2-6-26(15-18)19-4-7-24(8-5-19)11-14-27-17-21-16-22-27/h16-19H,2-15H2,1H3/t18-/m1/s1. The molecule has 4 rings (SSSR count). The third-order valence-electron chi connectivity index (χ3n) is 6.80. The van der Waals surface area contributed by atoms with Crippen LogP contribution in [-0.2, 0) is 11.3 Å². The van der Waals surface area contributed by atoms with Gasteiger partial charge in [0.25, 0.3) is 0 Å². The van der Waals surface area contributed by atoms with Crippen molar-refractivity contribution in [3.8, 4) is 0 Å². The Morgan fingerprint density at radius 2 is 1.79 bits per heavy atom. The summed E-state index contributed by atoms with van der Waals surface area (Å²) in [5, 5.41) is 4.19. The summed E-state index contributed by atoms with van der Waals surface area (Å²) in [5.41, 5.74) is 0. The van der Waals surface area contributed by atoms with Crippen LogP contribution in [0.2, 0.25) is 0 Å². The number of aromatic nitrogens is 3. The average Bonchev–Trinajstić information content (AvgIpc) is 3.26. The van der Waals surface area contributed by atoms with Gasteiger partial charge in [0.2, 0.25) is 5.91 Å². The van der Waals surface area contributed by atoms with E-state index in [4.69, 9.17) is 0 Å². The molecule has 1 aromatic rings. The van der Waals surface area contributed by atoms with E-state index in [1.165, 1.54) is 12.8 Å². The summed E-state index contributed by atoms with van der Waals surface area (Å²) in [6.45, 7) is 10.2. The largest absolute Gasteiger partial charge is 0.340 e. The highest BCUT2D eigenvalue weighted by molar-refractivity contribution is 5.79. The topological polar surface area (TPSA) is 60.7 Å². The first-order valence-corrected chi connectivity index (χ1v) is 10.9. The number of piperazine rings is 1. The first kappa shape index (κ1) is 19.8. The van der Waals surface area contributed by atoms with Crippen LogP contribution in [0.25, 0.3) is 0 Å². The van der Waals surface area contributed by atoms with Crippen LogP contribution in [0.4, 0.5) is 0 Å². The summed E-state index contributed by atoms with van der Waals surface area (Å²) in [4.78, 5) is 26.6. The van der Waals surface area contributed by atoms with Crippen molar-refractivity contribution in [1.82, 2.24) is 34.4 Å². The molecule has 1 atom stereocenters. The number of rotatable bonds is 5. The van der Waals surface area contributed by atoms with Crippen LogP contribution in [0.3, 0.4) is 0 Å². The van der Waals surface area contributed by atoms with Crippen molar-refractivity contribution in [3.63, 3.8) is 0 Å². The van der Waals surface area contributed by atoms with E-state index in [-0.39, 0.29) is 5.92 Å². The highest BCUT2D eigenvalue weighted by atomic mass is 16.2. The molecule has 28 heavy (non-hydrogen) atoms. The first-order valence-electron chi connectivity index (χ1n) is 10.9. The lowest BCUT2D eigenvalue weighted by atomic mass is 9.92. The normalized spacial score (nSPS) is 26.6. The Labute approximate surface area is 168 Å². The molecule has 3 saturated heterocycles. The second-order valence-corrected chi connectivity index (χ2v) is 8.69. The third kappa shape index (κ3) is 4.90. The summed E-state index contributed by atoms with van der Waals surface area (Å²) >= 11 is 0. The van der Waals surface area contributed by atoms with Gasteiger partial charge in [0.05, 0.1) is 12.5 Å². The first-order chi connectivity index (χ1) is 13.7. The van der Waals surface area contributed by atoms with Crippen molar-refractivity contribution in [1.29, 1.82) is 0 Å². The van der Waals surface area contributed by atoms with Gasteiger partial charge in [0.15, 0.2) is 0 Å². The number of nitrogens with zero attached hydrogens (tertiary/aromatic N) is 7. The Hall–Kier alpha value is -1.51. The number of hydrogen-bond acceptors (Lipinski definition) is 6. The molecule has 0 radical (unpaired) electrons. The molecule has 3 aliphatic rings. The number of likely N-dealkylation sites (N-methyl/N-ethyl adjacent to an activating group) is 1. The summed E-state index contributed by atoms with van der Waals surface area (Å²) in [7, 11) is 2.14. The monoisotopic (exact) mass is 389 g/mol. The molecule has 156 valence electrons. The Bertz CT molecular complexity index is 606. The Morgan fingerprint density at radius 3 is 2.50 bits per heavy atom. The molecule has 0 N–H and O–H groups in total. The SMILES string of the molecule is CN1CCN(C(=O)[C@@H]2CCCN(C3CCN(CCn4cncn4)CC3)C2)CC1. The van der Waals surface area contributed by atoms with Crippen LogP contribution in [0.15, 0.2) is 12.7 Å². The van der Waals surface area contributed by atoms with E-state index in [0.717, 1.165) is 78.3 Å². The van der Waals surface area contributed by atoms with E-state index in [0.29, 0.717) is 11.9 Å². The number of piperidine rings is 2. The van der Waals surface area contributed by atoms with Crippen LogP contribution in [0.5, 0.6) is 0 Å². The number of carbonyl (C=O) groups is 1. The van der Waals surface area contributed by atoms with Gasteiger partial charge >= 0.3 is 0 Å². The predicted octanol–water partition coefficient (Wildman–Crippen LogP) is 0.229. The van der Waals surface area contributed by atoms with Gasteiger partial charge in [0, 0.05) is 45.3 Å². The Kier molecular flexibility index (Phi) is 6.59. The molecule has 3 fully saturated rings. The lowest BCUT2D eigenvalue weighted by Gasteiger charge is -2.43. The van der Waals surface area contributed by atoms with E-state index >= 15 is 0 Å². The van der Waals surface area contributed by atoms with Gasteiger partial charge in [-0.2, -0.15) is 5.10 Å². The van der Waals surface area contributed by atoms with Gasteiger partial charge in [0.1, 0.15) is 12.7 Å². The van der Waals surface area contributed by atoms with E-state index in [9.17, 15) is 4.79 Å². The van der Waals surface area contributed by atoms with E-state index < -0.39 is 0 Å². The molecule has 0 bridgehead atoms. The van der Waals surface area contributed by atoms with Crippen LogP contribution in [0, 0.1) is 5.92 Å². The molecule has 4 heterocycles. The lowest BCUT2D eigenvalue weighted by molar-refractivity contribution is -0.139. The van der Waals surface area contributed by atoms with Crippen molar-refractivity contribution < 1.29 is 4.79 Å². The van der Waals surface area contributed by atoms with Crippen molar-refractivity contribution in [2.24, 2.45) is 5.92 Å². The van der Waals surface area contributed by atoms with Gasteiger partial charge in [-0.1, -0.05) is 0 Å². The number of amides is 1. The summed E-state index contributed by atoms with van der Waals surface area (Å²) in [6, 6.07) is 0.644. The molecule has 0 unspecified atom stereocenters. The van der Waals surface area contributed by atoms with Gasteiger partial charge in [-0.25, -0.2) is 4.98 Å². The molecule has 0 saturated carbocycles. The molecule has 8 heteroatoms. The zero-order valence-corrected chi connectivity index (χ0v) is 17.2. The fourth-order valence-electron chi connectivity index (χ4n) is 4.92. The van der Waals surface area contributed by atoms with E-state index in [2.05, 4.69) is 36.7 Å². The fourth-order valence-corrected chi connectivity index (χ4v) is 4.92. The second kappa shape index (κ2) is 9.33. The average molecular weight is 390 g/mol. The van der Waals surface area contributed by atoms with Gasteiger partial charge in [-0.3, -0.25) is 14.4 Å². The zero-order chi connectivity index (χ0) is 19.3. The van der Waals surface area contributed by atoms with Crippen LogP contribution < -0.4 is 0 Å². The van der Waals surface area contributed by atoms with Gasteiger partial charge < -0.3 is 14.7 Å². The fraction of sp³-hybridized carbons (Fsp3) is 0.850. The Balaban J connectivity index is 1.22. The molecule has 0 aliphatic carbocycles. The highest BCUT2D eigenvalue weighted by Crippen LogP contribution is 2.25. The molecule has 1 aromatic heterocycles. The quantitative estimate of drug-likeness (QED) is 0.719. The number of hydrogen-bond donors (Lipinski definition) is 0. The molecule has 8 nitrogen and oxygen atoms in total. The van der Waals surface area contributed by atoms with Crippen molar-refractivity contribution in [3.05, 3.63) is 12.7 Å². The smallest absolute Gasteiger partial charge is 0.227 e. The van der Waals surface area contributed by atoms with Crippen LogP contribution >= 0.6 is 0 Å². The number of carbonyl (C=O) groups excluding carboxylic acids is 1. The summed E-state index contributed by atoms with van der Waals surface area (Å²) < 4.78 is 1.91. The van der Waals surface area contributed by atoms with Gasteiger partial charge in [-0.05, 0) is 52.4 Å². The maximum Gasteiger partial charge on any atom is 0.227 e. The zero-order valence-electron chi connectivity index (χ0n) is 17.2. The maximum atomic E-state index is 13.0. The minimum atomic E-state index is 0.211. The predicted molar refractivity (Wildman–Crippen MR) is 108 cm³/mol. The summed E-state index contributed by atoms with van der Waals surface area (Å²) in [5.74, 6) is 0.616. The number of likely N-dealkylation sites (tertiary alicyclic amines) is 2. The minimum Gasteiger partial charge on any atom is -0.340 e. The molecular weight excluding hydrogens is 354 g/mol. The minimum absolute atomic E-state index is 0.211. The molecule has 0 spiro atoms. The van der Waals surface area contributed by atoms with Gasteiger partial charge in [-0.15, -0.1) is 0 Å². The van der Waals surface area contributed by atoms with Crippen molar-refractivity contribution in [2.75, 3.05) is 66.0 Å². The molecule has 3 aliphatic heterocycles.